The van der Waals surface area contributed by atoms with Crippen molar-refractivity contribution in [2.24, 2.45) is 0 Å². The first-order valence-electron chi connectivity index (χ1n) is 16.6. The van der Waals surface area contributed by atoms with E-state index in [2.05, 4.69) is 97.1 Å². The number of furan rings is 1. The molecule has 0 spiro atoms. The first kappa shape index (κ1) is 28.6. The van der Waals surface area contributed by atoms with E-state index in [4.69, 9.17) is 19.4 Å². The lowest BCUT2D eigenvalue weighted by Crippen LogP contribution is -2.00. The van der Waals surface area contributed by atoms with Crippen LogP contribution in [-0.4, -0.2) is 15.0 Å². The minimum absolute atomic E-state index is 0.604. The SMILES string of the molecule is c1ccc(-c2nc(-c3ccccc3)nc(-c3ccc4c(c3)oc3ccc(-c5ccc(-c6cccc7c6sc6ccccc67)cc5)cc34)n2)cc1. The van der Waals surface area contributed by atoms with Gasteiger partial charge in [0.05, 0.1) is 0 Å². The number of thiophene rings is 1. The van der Waals surface area contributed by atoms with Crippen LogP contribution in [0.25, 0.3) is 98.5 Å². The van der Waals surface area contributed by atoms with Crippen molar-refractivity contribution >= 4 is 53.4 Å². The highest BCUT2D eigenvalue weighted by atomic mass is 32.1. The Morgan fingerprint density at radius 3 is 1.70 bits per heavy atom. The van der Waals surface area contributed by atoms with Crippen molar-refractivity contribution in [2.45, 2.75) is 0 Å². The molecule has 10 rings (SSSR count). The fourth-order valence-electron chi connectivity index (χ4n) is 6.85. The van der Waals surface area contributed by atoms with E-state index in [0.29, 0.717) is 17.5 Å². The quantitative estimate of drug-likeness (QED) is 0.185. The van der Waals surface area contributed by atoms with Gasteiger partial charge in [-0.2, -0.15) is 0 Å². The maximum absolute atomic E-state index is 6.41. The van der Waals surface area contributed by atoms with Gasteiger partial charge in [0, 0.05) is 47.6 Å². The van der Waals surface area contributed by atoms with Crippen LogP contribution in [0.15, 0.2) is 168 Å². The molecule has 234 valence electrons. The predicted molar refractivity (Wildman–Crippen MR) is 207 cm³/mol. The Morgan fingerprint density at radius 1 is 0.360 bits per heavy atom. The van der Waals surface area contributed by atoms with Crippen LogP contribution < -0.4 is 0 Å². The zero-order chi connectivity index (χ0) is 33.0. The van der Waals surface area contributed by atoms with E-state index in [1.54, 1.807) is 0 Å². The fourth-order valence-corrected chi connectivity index (χ4v) is 8.09. The van der Waals surface area contributed by atoms with Crippen LogP contribution in [0.1, 0.15) is 0 Å². The molecule has 0 atom stereocenters. The Hall–Kier alpha value is -6.43. The van der Waals surface area contributed by atoms with Crippen LogP contribution in [0.2, 0.25) is 0 Å². The molecule has 0 aliphatic carbocycles. The van der Waals surface area contributed by atoms with Gasteiger partial charge in [-0.3, -0.25) is 0 Å². The molecule has 0 amide bonds. The van der Waals surface area contributed by atoms with Crippen LogP contribution in [0, 0.1) is 0 Å². The van der Waals surface area contributed by atoms with Gasteiger partial charge >= 0.3 is 0 Å². The first-order chi connectivity index (χ1) is 24.7. The second-order valence-corrected chi connectivity index (χ2v) is 13.5. The lowest BCUT2D eigenvalue weighted by Gasteiger charge is -2.08. The fraction of sp³-hybridized carbons (Fsp3) is 0. The van der Waals surface area contributed by atoms with Gasteiger partial charge in [-0.05, 0) is 52.6 Å². The highest BCUT2D eigenvalue weighted by molar-refractivity contribution is 7.26. The number of hydrogen-bond acceptors (Lipinski definition) is 5. The van der Waals surface area contributed by atoms with E-state index in [9.17, 15) is 0 Å². The topological polar surface area (TPSA) is 51.8 Å². The van der Waals surface area contributed by atoms with Gasteiger partial charge in [0.2, 0.25) is 0 Å². The van der Waals surface area contributed by atoms with E-state index in [0.717, 1.165) is 49.8 Å². The zero-order valence-corrected chi connectivity index (χ0v) is 27.6. The van der Waals surface area contributed by atoms with Crippen molar-refractivity contribution in [3.63, 3.8) is 0 Å². The Kier molecular flexibility index (Phi) is 6.64. The molecule has 0 saturated carbocycles. The number of fused-ring (bicyclic) bond motifs is 6. The van der Waals surface area contributed by atoms with Crippen molar-refractivity contribution in [1.82, 2.24) is 15.0 Å². The van der Waals surface area contributed by atoms with Crippen LogP contribution in [-0.2, 0) is 0 Å². The van der Waals surface area contributed by atoms with Crippen LogP contribution in [0.5, 0.6) is 0 Å². The largest absolute Gasteiger partial charge is 0.456 e. The summed E-state index contributed by atoms with van der Waals surface area (Å²) < 4.78 is 9.06. The molecule has 0 bridgehead atoms. The molecule has 5 heteroatoms. The van der Waals surface area contributed by atoms with E-state index in [-0.39, 0.29) is 0 Å². The summed E-state index contributed by atoms with van der Waals surface area (Å²) in [5.74, 6) is 1.87. The molecule has 3 heterocycles. The predicted octanol–water partition coefficient (Wildman–Crippen LogP) is 12.5. The maximum Gasteiger partial charge on any atom is 0.164 e. The number of benzene rings is 7. The maximum atomic E-state index is 6.41. The Balaban J connectivity index is 1.01. The summed E-state index contributed by atoms with van der Waals surface area (Å²) in [6, 6.07) is 56.9. The summed E-state index contributed by atoms with van der Waals surface area (Å²) in [5.41, 5.74) is 9.20. The van der Waals surface area contributed by atoms with Crippen molar-refractivity contribution in [2.75, 3.05) is 0 Å². The lowest BCUT2D eigenvalue weighted by molar-refractivity contribution is 0.669. The third-order valence-electron chi connectivity index (χ3n) is 9.36. The number of rotatable bonds is 5. The smallest absolute Gasteiger partial charge is 0.164 e. The molecule has 0 aliphatic heterocycles. The summed E-state index contributed by atoms with van der Waals surface area (Å²) >= 11 is 1.86. The van der Waals surface area contributed by atoms with Crippen LogP contribution in [0.3, 0.4) is 0 Å². The Labute approximate surface area is 292 Å². The molecule has 4 nitrogen and oxygen atoms in total. The van der Waals surface area contributed by atoms with Crippen molar-refractivity contribution < 1.29 is 4.42 Å². The second kappa shape index (κ2) is 11.6. The highest BCUT2D eigenvalue weighted by Crippen LogP contribution is 2.41. The van der Waals surface area contributed by atoms with Gasteiger partial charge in [-0.1, -0.05) is 133 Å². The van der Waals surface area contributed by atoms with Crippen molar-refractivity contribution in [3.8, 4) is 56.4 Å². The summed E-state index contributed by atoms with van der Waals surface area (Å²) in [5, 5.41) is 4.77. The second-order valence-electron chi connectivity index (χ2n) is 12.4. The van der Waals surface area contributed by atoms with Gasteiger partial charge in [0.25, 0.3) is 0 Å². The molecule has 3 aromatic heterocycles. The van der Waals surface area contributed by atoms with Gasteiger partial charge in [-0.25, -0.2) is 15.0 Å². The normalized spacial score (nSPS) is 11.6. The van der Waals surface area contributed by atoms with E-state index in [1.165, 1.54) is 31.3 Å². The molecule has 0 aliphatic rings. The average molecular weight is 658 g/mol. The third kappa shape index (κ3) is 4.87. The monoisotopic (exact) mass is 657 g/mol. The Bertz CT molecular complexity index is 2800. The molecule has 0 radical (unpaired) electrons. The molecule has 0 fully saturated rings. The number of nitrogens with zero attached hydrogens (tertiary/aromatic N) is 3. The van der Waals surface area contributed by atoms with Crippen LogP contribution >= 0.6 is 11.3 Å². The van der Waals surface area contributed by atoms with Crippen LogP contribution in [0.4, 0.5) is 0 Å². The molecule has 0 N–H and O–H groups in total. The number of aromatic nitrogens is 3. The van der Waals surface area contributed by atoms with Crippen molar-refractivity contribution in [1.29, 1.82) is 0 Å². The summed E-state index contributed by atoms with van der Waals surface area (Å²) in [4.78, 5) is 14.6. The summed E-state index contributed by atoms with van der Waals surface area (Å²) in [6.45, 7) is 0. The molecule has 0 saturated heterocycles. The van der Waals surface area contributed by atoms with E-state index in [1.807, 2.05) is 78.1 Å². The zero-order valence-electron chi connectivity index (χ0n) is 26.7. The minimum atomic E-state index is 0.604. The summed E-state index contributed by atoms with van der Waals surface area (Å²) in [7, 11) is 0. The molecular weight excluding hydrogens is 631 g/mol. The Morgan fingerprint density at radius 2 is 0.960 bits per heavy atom. The van der Waals surface area contributed by atoms with E-state index < -0.39 is 0 Å². The van der Waals surface area contributed by atoms with Gasteiger partial charge in [0.1, 0.15) is 11.2 Å². The van der Waals surface area contributed by atoms with Gasteiger partial charge in [0.15, 0.2) is 17.5 Å². The lowest BCUT2D eigenvalue weighted by atomic mass is 9.98. The number of hydrogen-bond donors (Lipinski definition) is 0. The van der Waals surface area contributed by atoms with Crippen molar-refractivity contribution in [3.05, 3.63) is 164 Å². The van der Waals surface area contributed by atoms with Gasteiger partial charge < -0.3 is 4.42 Å². The molecule has 0 unspecified atom stereocenters. The standard InChI is InChI=1S/C45H27N3OS/c1-3-10-30(11-4-1)43-46-44(31-12-5-2-6-13-31)48-45(47-43)33-22-24-35-38-26-32(23-25-39(38)49-40(35)27-33)28-18-20-29(21-19-28)34-15-9-16-37-36-14-7-8-17-41(36)50-42(34)37/h1-27H. The van der Waals surface area contributed by atoms with E-state index >= 15 is 0 Å². The third-order valence-corrected chi connectivity index (χ3v) is 10.6. The molecular formula is C45H27N3OS. The molecule has 10 aromatic rings. The average Bonchev–Trinajstić information content (AvgIpc) is 3.76. The molecule has 7 aromatic carbocycles. The minimum Gasteiger partial charge on any atom is -0.456 e. The molecule has 50 heavy (non-hydrogen) atoms. The summed E-state index contributed by atoms with van der Waals surface area (Å²) in [6.07, 6.45) is 0. The van der Waals surface area contributed by atoms with Gasteiger partial charge in [-0.15, -0.1) is 11.3 Å². The first-order valence-corrected chi connectivity index (χ1v) is 17.4. The highest BCUT2D eigenvalue weighted by Gasteiger charge is 2.16.